The fourth-order valence-electron chi connectivity index (χ4n) is 2.68. The highest BCUT2D eigenvalue weighted by Gasteiger charge is 2.40. The highest BCUT2D eigenvalue weighted by molar-refractivity contribution is 4.88. The zero-order valence-electron chi connectivity index (χ0n) is 13.7. The smallest absolute Gasteiger partial charge is 0.114 e. The first-order chi connectivity index (χ1) is 10.7. The molecule has 0 aromatic carbocycles. The maximum absolute atomic E-state index is 9.97. The van der Waals surface area contributed by atoms with Crippen LogP contribution < -0.4 is 0 Å². The number of aliphatic hydroxyl groups excluding tert-OH is 3. The Morgan fingerprint density at radius 1 is 1.18 bits per heavy atom. The van der Waals surface area contributed by atoms with Gasteiger partial charge in [-0.2, -0.15) is 0 Å². The third kappa shape index (κ3) is 7.20. The molecule has 0 bridgehead atoms. The van der Waals surface area contributed by atoms with Gasteiger partial charge in [0.05, 0.1) is 13.2 Å². The summed E-state index contributed by atoms with van der Waals surface area (Å²) in [6.07, 6.45) is 9.57. The van der Waals surface area contributed by atoms with Gasteiger partial charge in [0.1, 0.15) is 24.4 Å². The number of unbranched alkanes of at least 4 members (excludes halogenated alkanes) is 6. The molecule has 5 nitrogen and oxygen atoms in total. The van der Waals surface area contributed by atoms with Gasteiger partial charge in [-0.05, 0) is 26.2 Å². The Kier molecular flexibility index (Phi) is 10.7. The Labute approximate surface area is 133 Å². The van der Waals surface area contributed by atoms with Crippen LogP contribution in [0, 0.1) is 0 Å². The molecule has 1 fully saturated rings. The maximum atomic E-state index is 9.97. The van der Waals surface area contributed by atoms with E-state index in [1.807, 2.05) is 0 Å². The van der Waals surface area contributed by atoms with Crippen LogP contribution in [0.15, 0.2) is 12.2 Å². The van der Waals surface area contributed by atoms with Crippen molar-refractivity contribution in [1.29, 1.82) is 0 Å². The lowest BCUT2D eigenvalue weighted by Crippen LogP contribution is -2.41. The molecule has 130 valence electrons. The lowest BCUT2D eigenvalue weighted by Gasteiger charge is -2.20. The van der Waals surface area contributed by atoms with Crippen molar-refractivity contribution in [1.82, 2.24) is 0 Å². The lowest BCUT2D eigenvalue weighted by atomic mass is 10.1. The fourth-order valence-corrected chi connectivity index (χ4v) is 2.68. The molecule has 0 spiro atoms. The minimum absolute atomic E-state index is 0.272. The van der Waals surface area contributed by atoms with Gasteiger partial charge in [0.2, 0.25) is 0 Å². The van der Waals surface area contributed by atoms with Crippen molar-refractivity contribution in [2.45, 2.75) is 76.3 Å². The second-order valence-corrected chi connectivity index (χ2v) is 5.93. The van der Waals surface area contributed by atoms with Crippen molar-refractivity contribution in [3.8, 4) is 0 Å². The molecule has 5 heteroatoms. The molecule has 4 atom stereocenters. The summed E-state index contributed by atoms with van der Waals surface area (Å²) in [5, 5.41) is 28.3. The monoisotopic (exact) mass is 316 g/mol. The number of allylic oxidation sites excluding steroid dienone is 2. The third-order valence-electron chi connectivity index (χ3n) is 4.07. The van der Waals surface area contributed by atoms with Crippen molar-refractivity contribution in [3.63, 3.8) is 0 Å². The van der Waals surface area contributed by atoms with Crippen LogP contribution in [0.4, 0.5) is 0 Å². The summed E-state index contributed by atoms with van der Waals surface area (Å²) in [6, 6.07) is 0. The van der Waals surface area contributed by atoms with Gasteiger partial charge < -0.3 is 24.8 Å². The highest BCUT2D eigenvalue weighted by atomic mass is 16.6. The Morgan fingerprint density at radius 3 is 2.55 bits per heavy atom. The quantitative estimate of drug-likeness (QED) is 0.378. The second-order valence-electron chi connectivity index (χ2n) is 5.93. The number of hydrogen-bond donors (Lipinski definition) is 3. The summed E-state index contributed by atoms with van der Waals surface area (Å²) in [4.78, 5) is 0. The molecule has 0 aliphatic carbocycles. The van der Waals surface area contributed by atoms with E-state index < -0.39 is 31.0 Å². The van der Waals surface area contributed by atoms with Gasteiger partial charge >= 0.3 is 0 Å². The van der Waals surface area contributed by atoms with Crippen LogP contribution in [0.2, 0.25) is 0 Å². The van der Waals surface area contributed by atoms with Crippen molar-refractivity contribution in [2.24, 2.45) is 0 Å². The predicted molar refractivity (Wildman–Crippen MR) is 85.7 cm³/mol. The highest BCUT2D eigenvalue weighted by Crippen LogP contribution is 2.20. The summed E-state index contributed by atoms with van der Waals surface area (Å²) in [5.41, 5.74) is 0. The second kappa shape index (κ2) is 12.0. The molecule has 0 saturated carbocycles. The Balaban J connectivity index is 1.97. The van der Waals surface area contributed by atoms with Crippen molar-refractivity contribution in [3.05, 3.63) is 12.2 Å². The third-order valence-corrected chi connectivity index (χ3v) is 4.07. The average molecular weight is 316 g/mol. The normalized spacial score (nSPS) is 26.8. The van der Waals surface area contributed by atoms with Gasteiger partial charge in [0.15, 0.2) is 0 Å². The SMILES string of the molecule is C/C=C/CCCCCCCCO[C@H]1CO[C@H]([C@H](O)CO)[C@@H]1O. The molecule has 0 aromatic heterocycles. The number of rotatable bonds is 12. The summed E-state index contributed by atoms with van der Waals surface area (Å²) in [7, 11) is 0. The minimum atomic E-state index is -1.05. The molecule has 3 N–H and O–H groups in total. The maximum Gasteiger partial charge on any atom is 0.114 e. The Bertz CT molecular complexity index is 295. The van der Waals surface area contributed by atoms with E-state index in [0.717, 1.165) is 12.8 Å². The van der Waals surface area contributed by atoms with Gasteiger partial charge in [-0.25, -0.2) is 0 Å². The van der Waals surface area contributed by atoms with Crippen molar-refractivity contribution >= 4 is 0 Å². The molecule has 1 rings (SSSR count). The van der Waals surface area contributed by atoms with E-state index in [0.29, 0.717) is 6.61 Å². The molecular formula is C17H32O5. The van der Waals surface area contributed by atoms with E-state index in [1.165, 1.54) is 32.1 Å². The Hall–Kier alpha value is -0.460. The van der Waals surface area contributed by atoms with E-state index in [2.05, 4.69) is 19.1 Å². The first-order valence-corrected chi connectivity index (χ1v) is 8.52. The van der Waals surface area contributed by atoms with Crippen LogP contribution in [0.5, 0.6) is 0 Å². The van der Waals surface area contributed by atoms with Crippen LogP contribution in [-0.4, -0.2) is 59.6 Å². The van der Waals surface area contributed by atoms with E-state index >= 15 is 0 Å². The summed E-state index contributed by atoms with van der Waals surface area (Å²) in [6.45, 7) is 2.51. The molecule has 0 amide bonds. The van der Waals surface area contributed by atoms with E-state index in [4.69, 9.17) is 14.6 Å². The number of aliphatic hydroxyl groups is 3. The summed E-state index contributed by atoms with van der Waals surface area (Å²) < 4.78 is 10.9. The fraction of sp³-hybridized carbons (Fsp3) is 0.882. The average Bonchev–Trinajstić information content (AvgIpc) is 2.89. The molecule has 1 heterocycles. The molecule has 1 aliphatic heterocycles. The van der Waals surface area contributed by atoms with Crippen LogP contribution in [-0.2, 0) is 9.47 Å². The van der Waals surface area contributed by atoms with E-state index in [-0.39, 0.29) is 6.61 Å². The minimum Gasteiger partial charge on any atom is -0.394 e. The van der Waals surface area contributed by atoms with Crippen molar-refractivity contribution in [2.75, 3.05) is 19.8 Å². The van der Waals surface area contributed by atoms with Gasteiger partial charge in [-0.3, -0.25) is 0 Å². The first kappa shape index (κ1) is 19.6. The van der Waals surface area contributed by atoms with Gasteiger partial charge in [-0.1, -0.05) is 37.8 Å². The lowest BCUT2D eigenvalue weighted by molar-refractivity contribution is -0.0730. The first-order valence-electron chi connectivity index (χ1n) is 8.52. The topological polar surface area (TPSA) is 79.2 Å². The van der Waals surface area contributed by atoms with E-state index in [1.54, 1.807) is 0 Å². The van der Waals surface area contributed by atoms with Crippen LogP contribution >= 0.6 is 0 Å². The van der Waals surface area contributed by atoms with Crippen LogP contribution in [0.25, 0.3) is 0 Å². The largest absolute Gasteiger partial charge is 0.394 e. The van der Waals surface area contributed by atoms with Crippen LogP contribution in [0.1, 0.15) is 51.9 Å². The molecular weight excluding hydrogens is 284 g/mol. The van der Waals surface area contributed by atoms with Crippen molar-refractivity contribution < 1.29 is 24.8 Å². The van der Waals surface area contributed by atoms with Gasteiger partial charge in [0.25, 0.3) is 0 Å². The molecule has 0 aromatic rings. The van der Waals surface area contributed by atoms with Gasteiger partial charge in [0, 0.05) is 6.61 Å². The predicted octanol–water partition coefficient (Wildman–Crippen LogP) is 1.79. The number of hydrogen-bond acceptors (Lipinski definition) is 5. The standard InChI is InChI=1S/C17H32O5/c1-2-3-4-5-6-7-8-9-10-11-21-15-13-22-17(16(15)20)14(19)12-18/h2-3,14-20H,4-13H2,1H3/b3-2+/t14-,15+,16-,17-/m1/s1. The zero-order chi connectivity index (χ0) is 16.2. The molecule has 1 aliphatic rings. The molecule has 22 heavy (non-hydrogen) atoms. The van der Waals surface area contributed by atoms with E-state index in [9.17, 15) is 10.2 Å². The zero-order valence-corrected chi connectivity index (χ0v) is 13.7. The van der Waals surface area contributed by atoms with Gasteiger partial charge in [-0.15, -0.1) is 0 Å². The summed E-state index contributed by atoms with van der Waals surface area (Å²) >= 11 is 0. The van der Waals surface area contributed by atoms with Crippen LogP contribution in [0.3, 0.4) is 0 Å². The Morgan fingerprint density at radius 2 is 1.86 bits per heavy atom. The molecule has 0 radical (unpaired) electrons. The summed E-state index contributed by atoms with van der Waals surface area (Å²) in [5.74, 6) is 0. The number of ether oxygens (including phenoxy) is 2. The molecule has 1 saturated heterocycles. The molecule has 0 unspecified atom stereocenters.